The van der Waals surface area contributed by atoms with Crippen molar-refractivity contribution in [2.75, 3.05) is 6.54 Å². The van der Waals surface area contributed by atoms with Gasteiger partial charge in [0.2, 0.25) is 0 Å². The number of hydrogen-bond donors (Lipinski definition) is 1. The number of benzene rings is 1. The zero-order valence-electron chi connectivity index (χ0n) is 12.4. The van der Waals surface area contributed by atoms with Crippen molar-refractivity contribution in [1.82, 2.24) is 10.3 Å². The van der Waals surface area contributed by atoms with E-state index >= 15 is 0 Å². The summed E-state index contributed by atoms with van der Waals surface area (Å²) in [6.45, 7) is 4.84. The van der Waals surface area contributed by atoms with Crippen molar-refractivity contribution in [2.45, 2.75) is 32.7 Å². The van der Waals surface area contributed by atoms with Crippen LogP contribution in [-0.4, -0.2) is 11.5 Å². The first kappa shape index (κ1) is 15.6. The highest BCUT2D eigenvalue weighted by atomic mass is 19.1. The molecule has 0 bridgehead atoms. The third kappa shape index (κ3) is 4.60. The number of nitrogens with one attached hydrogen (secondary N) is 1. The molecule has 112 valence electrons. The second-order valence-electron chi connectivity index (χ2n) is 5.19. The normalized spacial score (nSPS) is 12.4. The van der Waals surface area contributed by atoms with Crippen molar-refractivity contribution in [2.24, 2.45) is 0 Å². The Kier molecular flexibility index (Phi) is 5.39. The van der Waals surface area contributed by atoms with Crippen LogP contribution in [0.2, 0.25) is 0 Å². The Labute approximate surface area is 124 Å². The van der Waals surface area contributed by atoms with Crippen LogP contribution in [0.5, 0.6) is 0 Å². The van der Waals surface area contributed by atoms with E-state index in [1.807, 2.05) is 25.1 Å². The van der Waals surface area contributed by atoms with E-state index in [0.29, 0.717) is 12.0 Å². The van der Waals surface area contributed by atoms with Crippen LogP contribution in [0.25, 0.3) is 0 Å². The summed E-state index contributed by atoms with van der Waals surface area (Å²) < 4.78 is 26.6. The number of pyridine rings is 1. The molecule has 0 saturated heterocycles. The minimum atomic E-state index is -0.545. The van der Waals surface area contributed by atoms with Crippen LogP contribution in [0.1, 0.15) is 36.3 Å². The molecule has 1 N–H and O–H groups in total. The summed E-state index contributed by atoms with van der Waals surface area (Å²) >= 11 is 0. The van der Waals surface area contributed by atoms with E-state index in [4.69, 9.17) is 0 Å². The molecular formula is C17H20F2N2. The molecule has 0 fully saturated rings. The molecule has 2 nitrogen and oxygen atoms in total. The first-order valence-corrected chi connectivity index (χ1v) is 7.20. The molecule has 1 heterocycles. The lowest BCUT2D eigenvalue weighted by molar-refractivity contribution is 0.511. The molecule has 1 aromatic carbocycles. The Morgan fingerprint density at radius 3 is 2.48 bits per heavy atom. The van der Waals surface area contributed by atoms with Gasteiger partial charge in [-0.2, -0.15) is 0 Å². The van der Waals surface area contributed by atoms with Gasteiger partial charge < -0.3 is 5.32 Å². The maximum atomic E-state index is 13.3. The van der Waals surface area contributed by atoms with Gasteiger partial charge in [0.05, 0.1) is 11.7 Å². The first-order chi connectivity index (χ1) is 10.1. The van der Waals surface area contributed by atoms with Gasteiger partial charge in [-0.1, -0.05) is 13.0 Å². The topological polar surface area (TPSA) is 24.9 Å². The lowest BCUT2D eigenvalue weighted by Crippen LogP contribution is -2.25. The predicted molar refractivity (Wildman–Crippen MR) is 80.1 cm³/mol. The van der Waals surface area contributed by atoms with Crippen molar-refractivity contribution < 1.29 is 8.78 Å². The molecule has 0 aliphatic heterocycles. The minimum absolute atomic E-state index is 0.0500. The van der Waals surface area contributed by atoms with Crippen LogP contribution in [0.15, 0.2) is 36.4 Å². The Morgan fingerprint density at radius 1 is 1.14 bits per heavy atom. The molecule has 0 spiro atoms. The maximum absolute atomic E-state index is 13.3. The summed E-state index contributed by atoms with van der Waals surface area (Å²) in [5.74, 6) is -1.09. The molecule has 0 saturated carbocycles. The Morgan fingerprint density at radius 2 is 1.86 bits per heavy atom. The molecule has 0 amide bonds. The van der Waals surface area contributed by atoms with Gasteiger partial charge >= 0.3 is 0 Å². The molecule has 2 rings (SSSR count). The average molecular weight is 290 g/mol. The molecule has 1 unspecified atom stereocenters. The summed E-state index contributed by atoms with van der Waals surface area (Å²) in [6, 6.07) is 9.41. The van der Waals surface area contributed by atoms with Crippen molar-refractivity contribution in [3.05, 3.63) is 65.0 Å². The van der Waals surface area contributed by atoms with Crippen LogP contribution in [0, 0.1) is 18.6 Å². The Balaban J connectivity index is 2.23. The molecule has 0 aliphatic carbocycles. The fraction of sp³-hybridized carbons (Fsp3) is 0.353. The average Bonchev–Trinajstić information content (AvgIpc) is 2.42. The van der Waals surface area contributed by atoms with Gasteiger partial charge in [-0.3, -0.25) is 4.98 Å². The molecule has 1 atom stereocenters. The zero-order chi connectivity index (χ0) is 15.2. The largest absolute Gasteiger partial charge is 0.308 e. The zero-order valence-corrected chi connectivity index (χ0v) is 12.4. The number of halogens is 2. The van der Waals surface area contributed by atoms with E-state index in [-0.39, 0.29) is 6.04 Å². The summed E-state index contributed by atoms with van der Waals surface area (Å²) in [6.07, 6.45) is 1.49. The highest BCUT2D eigenvalue weighted by Gasteiger charge is 2.14. The summed E-state index contributed by atoms with van der Waals surface area (Å²) in [4.78, 5) is 4.52. The van der Waals surface area contributed by atoms with Crippen LogP contribution < -0.4 is 5.32 Å². The van der Waals surface area contributed by atoms with Crippen molar-refractivity contribution >= 4 is 0 Å². The number of aromatic nitrogens is 1. The molecular weight excluding hydrogens is 270 g/mol. The first-order valence-electron chi connectivity index (χ1n) is 7.20. The SMILES string of the molecule is CCCNC(Cc1cc(F)cc(F)c1)c1cccc(C)n1. The van der Waals surface area contributed by atoms with E-state index in [0.717, 1.165) is 30.4 Å². The maximum Gasteiger partial charge on any atom is 0.126 e. The summed E-state index contributed by atoms with van der Waals surface area (Å²) in [7, 11) is 0. The highest BCUT2D eigenvalue weighted by molar-refractivity contribution is 5.22. The van der Waals surface area contributed by atoms with Crippen molar-refractivity contribution in [3.8, 4) is 0 Å². The van der Waals surface area contributed by atoms with E-state index in [9.17, 15) is 8.78 Å². The number of nitrogens with zero attached hydrogens (tertiary/aromatic N) is 1. The number of aryl methyl sites for hydroxylation is 1. The number of rotatable bonds is 6. The highest BCUT2D eigenvalue weighted by Crippen LogP contribution is 2.19. The summed E-state index contributed by atoms with van der Waals surface area (Å²) in [5.41, 5.74) is 2.46. The second kappa shape index (κ2) is 7.27. The van der Waals surface area contributed by atoms with Gasteiger partial charge in [0.25, 0.3) is 0 Å². The van der Waals surface area contributed by atoms with Gasteiger partial charge in [0.1, 0.15) is 11.6 Å². The monoisotopic (exact) mass is 290 g/mol. The van der Waals surface area contributed by atoms with Gasteiger partial charge in [0.15, 0.2) is 0 Å². The lowest BCUT2D eigenvalue weighted by Gasteiger charge is -2.19. The van der Waals surface area contributed by atoms with Crippen molar-refractivity contribution in [1.29, 1.82) is 0 Å². The van der Waals surface area contributed by atoms with Gasteiger partial charge in [0, 0.05) is 11.8 Å². The quantitative estimate of drug-likeness (QED) is 0.871. The molecule has 0 radical (unpaired) electrons. The van der Waals surface area contributed by atoms with Crippen LogP contribution in [0.4, 0.5) is 8.78 Å². The third-order valence-electron chi connectivity index (χ3n) is 3.27. The van der Waals surface area contributed by atoms with Crippen molar-refractivity contribution in [3.63, 3.8) is 0 Å². The third-order valence-corrected chi connectivity index (χ3v) is 3.27. The van der Waals surface area contributed by atoms with Crippen LogP contribution >= 0.6 is 0 Å². The smallest absolute Gasteiger partial charge is 0.126 e. The lowest BCUT2D eigenvalue weighted by atomic mass is 10.0. The van der Waals surface area contributed by atoms with E-state index in [1.165, 1.54) is 12.1 Å². The van der Waals surface area contributed by atoms with E-state index in [1.54, 1.807) is 0 Å². The van der Waals surface area contributed by atoms with Gasteiger partial charge in [-0.15, -0.1) is 0 Å². The molecule has 0 aliphatic rings. The molecule has 1 aromatic heterocycles. The molecule has 4 heteroatoms. The molecule has 2 aromatic rings. The van der Waals surface area contributed by atoms with E-state index in [2.05, 4.69) is 17.2 Å². The standard InChI is InChI=1S/C17H20F2N2/c1-3-7-20-17(16-6-4-5-12(2)21-16)10-13-8-14(18)11-15(19)9-13/h4-6,8-9,11,17,20H,3,7,10H2,1-2H3. The van der Waals surface area contributed by atoms with Gasteiger partial charge in [-0.05, 0) is 56.1 Å². The fourth-order valence-electron chi connectivity index (χ4n) is 2.32. The number of hydrogen-bond acceptors (Lipinski definition) is 2. The van der Waals surface area contributed by atoms with Gasteiger partial charge in [-0.25, -0.2) is 8.78 Å². The predicted octanol–water partition coefficient (Wildman–Crippen LogP) is 3.95. The minimum Gasteiger partial charge on any atom is -0.308 e. The van der Waals surface area contributed by atoms with E-state index < -0.39 is 11.6 Å². The Bertz CT molecular complexity index is 579. The Hall–Kier alpha value is -1.81. The second-order valence-corrected chi connectivity index (χ2v) is 5.19. The van der Waals surface area contributed by atoms with Crippen LogP contribution in [-0.2, 0) is 6.42 Å². The summed E-state index contributed by atoms with van der Waals surface area (Å²) in [5, 5.41) is 3.39. The fourth-order valence-corrected chi connectivity index (χ4v) is 2.32. The van der Waals surface area contributed by atoms with Crippen LogP contribution in [0.3, 0.4) is 0 Å². The molecule has 21 heavy (non-hydrogen) atoms.